The molecule has 0 N–H and O–H groups in total. The molecule has 26 heavy (non-hydrogen) atoms. The molecular formula is C19H21ClN2O3S. The first-order valence-corrected chi connectivity index (χ1v) is 9.94. The number of aromatic nitrogens is 1. The summed E-state index contributed by atoms with van der Waals surface area (Å²) in [7, 11) is 1.33. The Morgan fingerprint density at radius 1 is 1.27 bits per heavy atom. The number of methoxy groups -OCH3 is 1. The summed E-state index contributed by atoms with van der Waals surface area (Å²) >= 11 is 7.61. The van der Waals surface area contributed by atoms with E-state index < -0.39 is 5.97 Å². The summed E-state index contributed by atoms with van der Waals surface area (Å²) in [6.07, 6.45) is 5.38. The maximum atomic E-state index is 13.2. The summed E-state index contributed by atoms with van der Waals surface area (Å²) in [6.45, 7) is 0.371. The minimum Gasteiger partial charge on any atom is -0.464 e. The Morgan fingerprint density at radius 3 is 2.69 bits per heavy atom. The van der Waals surface area contributed by atoms with Crippen LogP contribution in [0, 0.1) is 0 Å². The maximum absolute atomic E-state index is 13.2. The number of benzene rings is 1. The zero-order chi connectivity index (χ0) is 18.5. The van der Waals surface area contributed by atoms with E-state index >= 15 is 0 Å². The quantitative estimate of drug-likeness (QED) is 0.700. The number of thiazole rings is 1. The molecule has 1 aliphatic rings. The van der Waals surface area contributed by atoms with Crippen molar-refractivity contribution in [3.63, 3.8) is 0 Å². The van der Waals surface area contributed by atoms with E-state index in [4.69, 9.17) is 16.3 Å². The van der Waals surface area contributed by atoms with E-state index in [1.807, 2.05) is 17.0 Å². The van der Waals surface area contributed by atoms with E-state index in [-0.39, 0.29) is 17.6 Å². The molecule has 0 bridgehead atoms. The van der Waals surface area contributed by atoms with Crippen LogP contribution in [-0.4, -0.2) is 34.9 Å². The molecule has 0 spiro atoms. The van der Waals surface area contributed by atoms with Crippen LogP contribution in [0.5, 0.6) is 0 Å². The van der Waals surface area contributed by atoms with Crippen molar-refractivity contribution in [3.8, 4) is 0 Å². The van der Waals surface area contributed by atoms with Crippen LogP contribution in [0.1, 0.15) is 58.0 Å². The molecule has 2 aromatic rings. The number of hydrogen-bond donors (Lipinski definition) is 0. The van der Waals surface area contributed by atoms with Crippen LogP contribution < -0.4 is 0 Å². The average molecular weight is 393 g/mol. The molecule has 0 saturated heterocycles. The van der Waals surface area contributed by atoms with Gasteiger partial charge in [0.2, 0.25) is 0 Å². The van der Waals surface area contributed by atoms with Gasteiger partial charge in [0.15, 0.2) is 5.69 Å². The van der Waals surface area contributed by atoms with E-state index in [2.05, 4.69) is 4.98 Å². The lowest BCUT2D eigenvalue weighted by Gasteiger charge is -2.34. The largest absolute Gasteiger partial charge is 0.464 e. The van der Waals surface area contributed by atoms with E-state index in [0.29, 0.717) is 17.1 Å². The monoisotopic (exact) mass is 392 g/mol. The van der Waals surface area contributed by atoms with Gasteiger partial charge in [0.05, 0.1) is 24.2 Å². The molecule has 0 atom stereocenters. The zero-order valence-electron chi connectivity index (χ0n) is 14.6. The van der Waals surface area contributed by atoms with Gasteiger partial charge in [-0.15, -0.1) is 11.3 Å². The third-order valence-electron chi connectivity index (χ3n) is 4.63. The fourth-order valence-electron chi connectivity index (χ4n) is 3.28. The number of amides is 1. The van der Waals surface area contributed by atoms with Gasteiger partial charge in [-0.05, 0) is 25.0 Å². The Labute approximate surface area is 161 Å². The molecular weight excluding hydrogens is 372 g/mol. The Balaban J connectivity index is 1.86. The highest BCUT2D eigenvalue weighted by Gasteiger charge is 2.28. The van der Waals surface area contributed by atoms with Gasteiger partial charge in [0.1, 0.15) is 5.01 Å². The van der Waals surface area contributed by atoms with Crippen LogP contribution in [0.15, 0.2) is 29.6 Å². The van der Waals surface area contributed by atoms with E-state index in [9.17, 15) is 9.59 Å². The maximum Gasteiger partial charge on any atom is 0.357 e. The highest BCUT2D eigenvalue weighted by atomic mass is 35.5. The molecule has 7 heteroatoms. The number of ether oxygens (including phenoxy) is 1. The molecule has 1 fully saturated rings. The molecule has 1 amide bonds. The van der Waals surface area contributed by atoms with Gasteiger partial charge in [-0.2, -0.15) is 0 Å². The second-order valence-electron chi connectivity index (χ2n) is 6.32. The first-order chi connectivity index (χ1) is 12.6. The lowest BCUT2D eigenvalue weighted by molar-refractivity contribution is 0.0594. The Morgan fingerprint density at radius 2 is 2.00 bits per heavy atom. The van der Waals surface area contributed by atoms with Crippen LogP contribution >= 0.6 is 22.9 Å². The van der Waals surface area contributed by atoms with E-state index in [1.54, 1.807) is 17.5 Å². The highest BCUT2D eigenvalue weighted by Crippen LogP contribution is 2.28. The van der Waals surface area contributed by atoms with E-state index in [0.717, 1.165) is 30.7 Å². The van der Waals surface area contributed by atoms with Crippen molar-refractivity contribution in [1.29, 1.82) is 0 Å². The van der Waals surface area contributed by atoms with Gasteiger partial charge in [0, 0.05) is 11.4 Å². The number of carbonyl (C=O) groups is 2. The lowest BCUT2D eigenvalue weighted by Crippen LogP contribution is -2.41. The first-order valence-electron chi connectivity index (χ1n) is 8.68. The second-order valence-corrected chi connectivity index (χ2v) is 7.67. The summed E-state index contributed by atoms with van der Waals surface area (Å²) in [5.41, 5.74) is 0.783. The van der Waals surface area contributed by atoms with Gasteiger partial charge < -0.3 is 9.64 Å². The van der Waals surface area contributed by atoms with Crippen molar-refractivity contribution in [2.24, 2.45) is 0 Å². The zero-order valence-corrected chi connectivity index (χ0v) is 16.2. The average Bonchev–Trinajstić information content (AvgIpc) is 3.15. The normalized spacial score (nSPS) is 14.8. The number of rotatable bonds is 5. The smallest absolute Gasteiger partial charge is 0.357 e. The third-order valence-corrected chi connectivity index (χ3v) is 5.80. The van der Waals surface area contributed by atoms with Gasteiger partial charge in [0.25, 0.3) is 5.91 Å². The van der Waals surface area contributed by atoms with Crippen LogP contribution in [0.3, 0.4) is 0 Å². The molecule has 1 heterocycles. The Hall–Kier alpha value is -1.92. The van der Waals surface area contributed by atoms with Crippen molar-refractivity contribution in [2.75, 3.05) is 7.11 Å². The second kappa shape index (κ2) is 8.64. The van der Waals surface area contributed by atoms with Gasteiger partial charge in [-0.3, -0.25) is 4.79 Å². The predicted octanol–water partition coefficient (Wildman–Crippen LogP) is 4.56. The minimum absolute atomic E-state index is 0.0858. The molecule has 1 saturated carbocycles. The first kappa shape index (κ1) is 18.9. The molecule has 0 unspecified atom stereocenters. The summed E-state index contributed by atoms with van der Waals surface area (Å²) in [5.74, 6) is -0.550. The van der Waals surface area contributed by atoms with Gasteiger partial charge >= 0.3 is 5.97 Å². The summed E-state index contributed by atoms with van der Waals surface area (Å²) in [4.78, 5) is 31.0. The van der Waals surface area contributed by atoms with Crippen LogP contribution in [0.25, 0.3) is 0 Å². The fraction of sp³-hybridized carbons (Fsp3) is 0.421. The minimum atomic E-state index is -0.464. The van der Waals surface area contributed by atoms with E-state index in [1.165, 1.54) is 24.9 Å². The van der Waals surface area contributed by atoms with Crippen molar-refractivity contribution >= 4 is 34.8 Å². The molecule has 1 aromatic heterocycles. The number of esters is 1. The van der Waals surface area contributed by atoms with Crippen LogP contribution in [0.4, 0.5) is 0 Å². The Bertz CT molecular complexity index is 787. The molecule has 138 valence electrons. The summed E-state index contributed by atoms with van der Waals surface area (Å²) in [6, 6.07) is 7.28. The number of hydrogen-bond acceptors (Lipinski definition) is 5. The van der Waals surface area contributed by atoms with Crippen LogP contribution in [0.2, 0.25) is 5.02 Å². The topological polar surface area (TPSA) is 59.5 Å². The third kappa shape index (κ3) is 4.24. The number of nitrogens with zero attached hydrogens (tertiary/aromatic N) is 2. The number of carbonyl (C=O) groups excluding carboxylic acids is 2. The van der Waals surface area contributed by atoms with Crippen molar-refractivity contribution in [2.45, 2.75) is 44.7 Å². The molecule has 3 rings (SSSR count). The number of halogens is 1. The van der Waals surface area contributed by atoms with Gasteiger partial charge in [-0.1, -0.05) is 43.0 Å². The molecule has 5 nitrogen and oxygen atoms in total. The molecule has 1 aliphatic carbocycles. The molecule has 1 aromatic carbocycles. The highest BCUT2D eigenvalue weighted by molar-refractivity contribution is 7.09. The summed E-state index contributed by atoms with van der Waals surface area (Å²) < 4.78 is 4.71. The van der Waals surface area contributed by atoms with Gasteiger partial charge in [-0.25, -0.2) is 9.78 Å². The van der Waals surface area contributed by atoms with Crippen molar-refractivity contribution in [1.82, 2.24) is 9.88 Å². The predicted molar refractivity (Wildman–Crippen MR) is 102 cm³/mol. The van der Waals surface area contributed by atoms with Crippen LogP contribution in [-0.2, 0) is 11.3 Å². The summed E-state index contributed by atoms with van der Waals surface area (Å²) in [5, 5.41) is 2.84. The van der Waals surface area contributed by atoms with Crippen molar-refractivity contribution in [3.05, 3.63) is 50.9 Å². The fourth-order valence-corrected chi connectivity index (χ4v) is 4.25. The molecule has 0 aliphatic heterocycles. The molecule has 0 radical (unpaired) electrons. The standard InChI is InChI=1S/C19H21ClN2O3S/c1-25-19(24)16-12-26-17(21-16)11-22(13-7-3-2-4-8-13)18(23)14-9-5-6-10-15(14)20/h5-6,9-10,12-13H,2-4,7-8,11H2,1H3. The SMILES string of the molecule is COC(=O)c1csc(CN(C(=O)c2ccccc2Cl)C2CCCCC2)n1. The van der Waals surface area contributed by atoms with Crippen molar-refractivity contribution < 1.29 is 14.3 Å². The lowest BCUT2D eigenvalue weighted by atomic mass is 9.93. The Kier molecular flexibility index (Phi) is 6.27.